The number of benzene rings is 2. The lowest BCUT2D eigenvalue weighted by Gasteiger charge is -2.07. The lowest BCUT2D eigenvalue weighted by atomic mass is 10.1. The fourth-order valence-corrected chi connectivity index (χ4v) is 2.84. The lowest BCUT2D eigenvalue weighted by molar-refractivity contribution is 0.0954. The molecular formula is C19H17ClFN3O. The zero-order chi connectivity index (χ0) is 17.8. The van der Waals surface area contributed by atoms with Crippen LogP contribution < -0.4 is 5.32 Å². The monoisotopic (exact) mass is 357 g/mol. The first-order valence-electron chi connectivity index (χ1n) is 7.86. The largest absolute Gasteiger partial charge is 0.352 e. The van der Waals surface area contributed by atoms with Crippen LogP contribution in [0.3, 0.4) is 0 Å². The average Bonchev–Trinajstić information content (AvgIpc) is 2.98. The molecule has 4 nitrogen and oxygen atoms in total. The summed E-state index contributed by atoms with van der Waals surface area (Å²) in [6, 6.07) is 13.8. The molecule has 0 saturated carbocycles. The number of carbonyl (C=O) groups excluding carboxylic acids is 1. The van der Waals surface area contributed by atoms with E-state index in [1.165, 1.54) is 6.07 Å². The van der Waals surface area contributed by atoms with Crippen molar-refractivity contribution >= 4 is 17.5 Å². The molecule has 25 heavy (non-hydrogen) atoms. The van der Waals surface area contributed by atoms with Crippen molar-refractivity contribution in [2.75, 3.05) is 6.54 Å². The molecule has 128 valence electrons. The Morgan fingerprint density at radius 1 is 1.20 bits per heavy atom. The summed E-state index contributed by atoms with van der Waals surface area (Å²) in [5, 5.41) is 7.70. The molecule has 0 aliphatic carbocycles. The first-order valence-corrected chi connectivity index (χ1v) is 8.24. The smallest absolute Gasteiger partial charge is 0.255 e. The molecule has 1 amide bonds. The Labute approximate surface area is 150 Å². The third kappa shape index (κ3) is 3.88. The molecule has 0 unspecified atom stereocenters. The molecule has 1 aromatic heterocycles. The summed E-state index contributed by atoms with van der Waals surface area (Å²) in [5.41, 5.74) is 2.23. The van der Waals surface area contributed by atoms with Gasteiger partial charge in [0.25, 0.3) is 5.91 Å². The third-order valence-electron chi connectivity index (χ3n) is 3.84. The zero-order valence-corrected chi connectivity index (χ0v) is 14.4. The Balaban J connectivity index is 1.75. The van der Waals surface area contributed by atoms with Crippen LogP contribution in [0.25, 0.3) is 11.3 Å². The van der Waals surface area contributed by atoms with Crippen molar-refractivity contribution < 1.29 is 9.18 Å². The Morgan fingerprint density at radius 3 is 2.68 bits per heavy atom. The molecule has 0 spiro atoms. The number of nitrogens with zero attached hydrogens (tertiary/aromatic N) is 2. The molecule has 1 heterocycles. The predicted octanol–water partition coefficient (Wildman–Crippen LogP) is 3.85. The van der Waals surface area contributed by atoms with Gasteiger partial charge < -0.3 is 5.32 Å². The fourth-order valence-electron chi connectivity index (χ4n) is 2.61. The van der Waals surface area contributed by atoms with Crippen LogP contribution in [0.15, 0.2) is 54.7 Å². The molecule has 0 saturated heterocycles. The highest BCUT2D eigenvalue weighted by molar-refractivity contribution is 6.33. The van der Waals surface area contributed by atoms with E-state index >= 15 is 0 Å². The standard InChI is InChI=1S/C19H17ClFN3O/c1-24-12-15(18(23-24)14-7-3-4-8-16(14)20)19(25)22-11-10-13-6-2-5-9-17(13)21/h2-9,12H,10-11H2,1H3,(H,22,25). The van der Waals surface area contributed by atoms with E-state index in [4.69, 9.17) is 11.6 Å². The normalized spacial score (nSPS) is 10.7. The number of rotatable bonds is 5. The van der Waals surface area contributed by atoms with Crippen LogP contribution in [0.4, 0.5) is 4.39 Å². The first kappa shape index (κ1) is 17.2. The lowest BCUT2D eigenvalue weighted by Crippen LogP contribution is -2.26. The van der Waals surface area contributed by atoms with Crippen molar-refractivity contribution in [1.82, 2.24) is 15.1 Å². The molecule has 0 aliphatic rings. The Morgan fingerprint density at radius 2 is 1.92 bits per heavy atom. The average molecular weight is 358 g/mol. The van der Waals surface area contributed by atoms with Crippen LogP contribution in [-0.4, -0.2) is 22.2 Å². The maximum atomic E-state index is 13.6. The van der Waals surface area contributed by atoms with Gasteiger partial charge in [0.1, 0.15) is 11.5 Å². The molecule has 3 rings (SSSR count). The van der Waals surface area contributed by atoms with E-state index in [0.29, 0.717) is 40.4 Å². The predicted molar refractivity (Wildman–Crippen MR) is 96.1 cm³/mol. The van der Waals surface area contributed by atoms with Crippen LogP contribution in [-0.2, 0) is 13.5 Å². The molecule has 2 aromatic carbocycles. The highest BCUT2D eigenvalue weighted by atomic mass is 35.5. The summed E-state index contributed by atoms with van der Waals surface area (Å²) in [6.45, 7) is 0.330. The molecule has 6 heteroatoms. The maximum Gasteiger partial charge on any atom is 0.255 e. The summed E-state index contributed by atoms with van der Waals surface area (Å²) in [4.78, 5) is 12.5. The van der Waals surface area contributed by atoms with E-state index in [9.17, 15) is 9.18 Å². The van der Waals surface area contributed by atoms with Crippen LogP contribution >= 0.6 is 11.6 Å². The summed E-state index contributed by atoms with van der Waals surface area (Å²) < 4.78 is 15.2. The van der Waals surface area contributed by atoms with Gasteiger partial charge in [-0.1, -0.05) is 48.0 Å². The zero-order valence-electron chi connectivity index (χ0n) is 13.7. The second-order valence-corrected chi connectivity index (χ2v) is 6.05. The number of hydrogen-bond acceptors (Lipinski definition) is 2. The number of hydrogen-bond donors (Lipinski definition) is 1. The minimum Gasteiger partial charge on any atom is -0.352 e. The SMILES string of the molecule is Cn1cc(C(=O)NCCc2ccccc2F)c(-c2ccccc2Cl)n1. The molecule has 0 aliphatic heterocycles. The number of aromatic nitrogens is 2. The van der Waals surface area contributed by atoms with Gasteiger partial charge in [0.05, 0.1) is 10.6 Å². The van der Waals surface area contributed by atoms with Crippen molar-refractivity contribution in [3.63, 3.8) is 0 Å². The van der Waals surface area contributed by atoms with E-state index in [1.807, 2.05) is 18.2 Å². The molecule has 0 radical (unpaired) electrons. The second-order valence-electron chi connectivity index (χ2n) is 5.64. The van der Waals surface area contributed by atoms with Crippen LogP contribution in [0, 0.1) is 5.82 Å². The van der Waals surface area contributed by atoms with E-state index < -0.39 is 0 Å². The molecular weight excluding hydrogens is 341 g/mol. The second kappa shape index (κ2) is 7.49. The van der Waals surface area contributed by atoms with Gasteiger partial charge in [-0.3, -0.25) is 9.48 Å². The Hall–Kier alpha value is -2.66. The molecule has 0 bridgehead atoms. The van der Waals surface area contributed by atoms with Crippen LogP contribution in [0.1, 0.15) is 15.9 Å². The number of halogens is 2. The van der Waals surface area contributed by atoms with Gasteiger partial charge in [0.15, 0.2) is 0 Å². The Kier molecular flexibility index (Phi) is 5.14. The van der Waals surface area contributed by atoms with Crippen molar-refractivity contribution in [3.8, 4) is 11.3 Å². The van der Waals surface area contributed by atoms with Crippen LogP contribution in [0.2, 0.25) is 5.02 Å². The van der Waals surface area contributed by atoms with Crippen molar-refractivity contribution in [1.29, 1.82) is 0 Å². The minimum absolute atomic E-state index is 0.264. The third-order valence-corrected chi connectivity index (χ3v) is 4.17. The van der Waals surface area contributed by atoms with Gasteiger partial charge in [-0.2, -0.15) is 5.10 Å². The summed E-state index contributed by atoms with van der Waals surface area (Å²) in [7, 11) is 1.75. The minimum atomic E-state index is -0.269. The van der Waals surface area contributed by atoms with E-state index in [-0.39, 0.29) is 11.7 Å². The number of amides is 1. The first-order chi connectivity index (χ1) is 12.1. The Bertz CT molecular complexity index is 907. The van der Waals surface area contributed by atoms with Crippen LogP contribution in [0.5, 0.6) is 0 Å². The highest BCUT2D eigenvalue weighted by Gasteiger charge is 2.18. The van der Waals surface area contributed by atoms with E-state index in [1.54, 1.807) is 42.2 Å². The molecule has 0 atom stereocenters. The molecule has 0 fully saturated rings. The quantitative estimate of drug-likeness (QED) is 0.753. The van der Waals surface area contributed by atoms with Gasteiger partial charge in [-0.05, 0) is 24.1 Å². The number of carbonyl (C=O) groups is 1. The fraction of sp³-hybridized carbons (Fsp3) is 0.158. The van der Waals surface area contributed by atoms with E-state index in [2.05, 4.69) is 10.4 Å². The van der Waals surface area contributed by atoms with Gasteiger partial charge >= 0.3 is 0 Å². The van der Waals surface area contributed by atoms with Crippen molar-refractivity contribution in [2.45, 2.75) is 6.42 Å². The molecule has 1 N–H and O–H groups in total. The van der Waals surface area contributed by atoms with Gasteiger partial charge in [0, 0.05) is 25.4 Å². The molecule has 3 aromatic rings. The van der Waals surface area contributed by atoms with E-state index in [0.717, 1.165) is 0 Å². The maximum absolute atomic E-state index is 13.6. The van der Waals surface area contributed by atoms with Gasteiger partial charge in [-0.25, -0.2) is 4.39 Å². The summed E-state index contributed by atoms with van der Waals surface area (Å²) in [5.74, 6) is -0.533. The topological polar surface area (TPSA) is 46.9 Å². The van der Waals surface area contributed by atoms with Crippen molar-refractivity contribution in [3.05, 3.63) is 76.7 Å². The highest BCUT2D eigenvalue weighted by Crippen LogP contribution is 2.28. The summed E-state index contributed by atoms with van der Waals surface area (Å²) >= 11 is 6.22. The summed E-state index contributed by atoms with van der Waals surface area (Å²) in [6.07, 6.45) is 2.07. The number of nitrogens with one attached hydrogen (secondary N) is 1. The van der Waals surface area contributed by atoms with Gasteiger partial charge in [-0.15, -0.1) is 0 Å². The number of aryl methyl sites for hydroxylation is 1. The van der Waals surface area contributed by atoms with Crippen molar-refractivity contribution in [2.24, 2.45) is 7.05 Å². The van der Waals surface area contributed by atoms with Gasteiger partial charge in [0.2, 0.25) is 0 Å².